The first-order valence-electron chi connectivity index (χ1n) is 3.01. The Morgan fingerprint density at radius 3 is 2.80 bits per heavy atom. The Morgan fingerprint density at radius 2 is 2.20 bits per heavy atom. The average Bonchev–Trinajstić information content (AvgIpc) is 1.88. The van der Waals surface area contributed by atoms with E-state index in [9.17, 15) is 0 Å². The smallest absolute Gasteiger partial charge is 0.0498 e. The molecule has 0 aliphatic carbocycles. The third kappa shape index (κ3) is 2.01. The SMILES string of the molecule is CNNc1cccc(Br)c1. The lowest BCUT2D eigenvalue weighted by molar-refractivity contribution is 0.984. The lowest BCUT2D eigenvalue weighted by Gasteiger charge is -2.02. The minimum atomic E-state index is 1.05. The number of anilines is 1. The number of hydrazine groups is 1. The molecule has 0 saturated carbocycles. The molecule has 1 aromatic rings. The fourth-order valence-corrected chi connectivity index (χ4v) is 1.11. The van der Waals surface area contributed by atoms with Gasteiger partial charge >= 0.3 is 0 Å². The van der Waals surface area contributed by atoms with Crippen molar-refractivity contribution in [2.45, 2.75) is 0 Å². The van der Waals surface area contributed by atoms with Crippen molar-refractivity contribution in [3.8, 4) is 0 Å². The molecule has 3 heteroatoms. The van der Waals surface area contributed by atoms with E-state index in [1.807, 2.05) is 31.3 Å². The Bertz CT molecular complexity index is 213. The van der Waals surface area contributed by atoms with Gasteiger partial charge in [0.1, 0.15) is 0 Å². The van der Waals surface area contributed by atoms with E-state index in [0.717, 1.165) is 10.2 Å². The van der Waals surface area contributed by atoms with Crippen LogP contribution in [0.4, 0.5) is 5.69 Å². The summed E-state index contributed by atoms with van der Waals surface area (Å²) in [5, 5.41) is 0. The number of benzene rings is 1. The number of nitrogens with one attached hydrogen (secondary N) is 2. The standard InChI is InChI=1S/C7H9BrN2/c1-9-10-7-4-2-3-6(8)5-7/h2-5,9-10H,1H3. The quantitative estimate of drug-likeness (QED) is 0.715. The van der Waals surface area contributed by atoms with E-state index >= 15 is 0 Å². The zero-order valence-electron chi connectivity index (χ0n) is 5.69. The van der Waals surface area contributed by atoms with Crippen LogP contribution in [-0.4, -0.2) is 7.05 Å². The molecule has 1 aromatic carbocycles. The molecule has 0 aliphatic heterocycles. The van der Waals surface area contributed by atoms with Gasteiger partial charge in [-0.05, 0) is 18.2 Å². The summed E-state index contributed by atoms with van der Waals surface area (Å²) in [6, 6.07) is 7.95. The second-order valence-corrected chi connectivity index (χ2v) is 2.80. The maximum absolute atomic E-state index is 3.36. The Kier molecular flexibility index (Phi) is 2.71. The minimum Gasteiger partial charge on any atom is -0.322 e. The fraction of sp³-hybridized carbons (Fsp3) is 0.143. The molecule has 0 radical (unpaired) electrons. The Balaban J connectivity index is 2.75. The Hall–Kier alpha value is -0.540. The number of hydrogen-bond donors (Lipinski definition) is 2. The first kappa shape index (κ1) is 7.57. The summed E-state index contributed by atoms with van der Waals surface area (Å²) in [7, 11) is 1.83. The molecule has 0 aromatic heterocycles. The highest BCUT2D eigenvalue weighted by molar-refractivity contribution is 9.10. The highest BCUT2D eigenvalue weighted by atomic mass is 79.9. The summed E-state index contributed by atoms with van der Waals surface area (Å²) >= 11 is 3.36. The van der Waals surface area contributed by atoms with Gasteiger partial charge in [0.05, 0.1) is 0 Å². The van der Waals surface area contributed by atoms with E-state index in [4.69, 9.17) is 0 Å². The third-order valence-electron chi connectivity index (χ3n) is 1.09. The van der Waals surface area contributed by atoms with Gasteiger partial charge in [-0.15, -0.1) is 0 Å². The molecule has 54 valence electrons. The summed E-state index contributed by atoms with van der Waals surface area (Å²) in [4.78, 5) is 0. The van der Waals surface area contributed by atoms with Gasteiger partial charge in [-0.1, -0.05) is 22.0 Å². The maximum Gasteiger partial charge on any atom is 0.0498 e. The third-order valence-corrected chi connectivity index (χ3v) is 1.59. The van der Waals surface area contributed by atoms with Crippen LogP contribution in [0.15, 0.2) is 28.7 Å². The van der Waals surface area contributed by atoms with E-state index in [0.29, 0.717) is 0 Å². The predicted octanol–water partition coefficient (Wildman–Crippen LogP) is 2.00. The maximum atomic E-state index is 3.36. The molecule has 2 N–H and O–H groups in total. The van der Waals surface area contributed by atoms with Crippen molar-refractivity contribution in [2.24, 2.45) is 0 Å². The van der Waals surface area contributed by atoms with E-state index in [1.165, 1.54) is 0 Å². The van der Waals surface area contributed by atoms with E-state index < -0.39 is 0 Å². The predicted molar refractivity (Wildman–Crippen MR) is 46.8 cm³/mol. The molecular formula is C7H9BrN2. The molecule has 0 unspecified atom stereocenters. The monoisotopic (exact) mass is 200 g/mol. The molecule has 10 heavy (non-hydrogen) atoms. The highest BCUT2D eigenvalue weighted by Crippen LogP contribution is 2.14. The molecule has 0 bridgehead atoms. The van der Waals surface area contributed by atoms with Crippen LogP contribution in [0.25, 0.3) is 0 Å². The normalized spacial score (nSPS) is 9.40. The molecular weight excluding hydrogens is 192 g/mol. The average molecular weight is 201 g/mol. The number of halogens is 1. The van der Waals surface area contributed by atoms with Gasteiger partial charge in [0.25, 0.3) is 0 Å². The molecule has 0 amide bonds. The molecule has 0 heterocycles. The number of rotatable bonds is 2. The lowest BCUT2D eigenvalue weighted by atomic mass is 10.3. The second-order valence-electron chi connectivity index (χ2n) is 1.89. The molecule has 2 nitrogen and oxygen atoms in total. The van der Waals surface area contributed by atoms with Crippen LogP contribution in [0.3, 0.4) is 0 Å². The van der Waals surface area contributed by atoms with E-state index in [-0.39, 0.29) is 0 Å². The van der Waals surface area contributed by atoms with Crippen molar-refractivity contribution in [3.05, 3.63) is 28.7 Å². The largest absolute Gasteiger partial charge is 0.322 e. The molecule has 0 spiro atoms. The summed E-state index contributed by atoms with van der Waals surface area (Å²) in [5.74, 6) is 0. The van der Waals surface area contributed by atoms with Crippen LogP contribution in [0.1, 0.15) is 0 Å². The van der Waals surface area contributed by atoms with Crippen LogP contribution < -0.4 is 10.9 Å². The van der Waals surface area contributed by atoms with Gasteiger partial charge in [-0.2, -0.15) is 0 Å². The molecule has 1 rings (SSSR count). The van der Waals surface area contributed by atoms with Crippen molar-refractivity contribution < 1.29 is 0 Å². The Labute approximate surface area is 68.7 Å². The minimum absolute atomic E-state index is 1.05. The van der Waals surface area contributed by atoms with Crippen molar-refractivity contribution in [1.29, 1.82) is 0 Å². The van der Waals surface area contributed by atoms with Gasteiger partial charge in [-0.25, -0.2) is 5.43 Å². The van der Waals surface area contributed by atoms with Gasteiger partial charge in [0.2, 0.25) is 0 Å². The topological polar surface area (TPSA) is 24.1 Å². The van der Waals surface area contributed by atoms with Gasteiger partial charge in [0, 0.05) is 17.2 Å². The van der Waals surface area contributed by atoms with E-state index in [2.05, 4.69) is 26.8 Å². The van der Waals surface area contributed by atoms with Crippen LogP contribution in [0.2, 0.25) is 0 Å². The zero-order chi connectivity index (χ0) is 7.40. The van der Waals surface area contributed by atoms with Crippen LogP contribution in [0.5, 0.6) is 0 Å². The van der Waals surface area contributed by atoms with Crippen molar-refractivity contribution in [3.63, 3.8) is 0 Å². The van der Waals surface area contributed by atoms with Crippen LogP contribution in [-0.2, 0) is 0 Å². The Morgan fingerprint density at radius 1 is 1.40 bits per heavy atom. The van der Waals surface area contributed by atoms with Gasteiger partial charge in [-0.3, -0.25) is 0 Å². The first-order valence-corrected chi connectivity index (χ1v) is 3.80. The van der Waals surface area contributed by atoms with Crippen LogP contribution in [0, 0.1) is 0 Å². The van der Waals surface area contributed by atoms with Crippen molar-refractivity contribution in [1.82, 2.24) is 5.43 Å². The van der Waals surface area contributed by atoms with Gasteiger partial charge < -0.3 is 5.43 Å². The molecule has 0 atom stereocenters. The van der Waals surface area contributed by atoms with Crippen molar-refractivity contribution in [2.75, 3.05) is 12.5 Å². The lowest BCUT2D eigenvalue weighted by Crippen LogP contribution is -2.14. The second kappa shape index (κ2) is 3.58. The zero-order valence-corrected chi connectivity index (χ0v) is 7.27. The molecule has 0 aliphatic rings. The van der Waals surface area contributed by atoms with Gasteiger partial charge in [0.15, 0.2) is 0 Å². The van der Waals surface area contributed by atoms with Crippen molar-refractivity contribution >= 4 is 21.6 Å². The van der Waals surface area contributed by atoms with Crippen LogP contribution >= 0.6 is 15.9 Å². The first-order chi connectivity index (χ1) is 4.83. The molecule has 0 saturated heterocycles. The summed E-state index contributed by atoms with van der Waals surface area (Å²) in [5.41, 5.74) is 6.86. The van der Waals surface area contributed by atoms with E-state index in [1.54, 1.807) is 0 Å². The number of hydrogen-bond acceptors (Lipinski definition) is 2. The fourth-order valence-electron chi connectivity index (χ4n) is 0.711. The summed E-state index contributed by atoms with van der Waals surface area (Å²) in [6.07, 6.45) is 0. The summed E-state index contributed by atoms with van der Waals surface area (Å²) < 4.78 is 1.08. The highest BCUT2D eigenvalue weighted by Gasteiger charge is 1.88. The molecule has 0 fully saturated rings. The summed E-state index contributed by atoms with van der Waals surface area (Å²) in [6.45, 7) is 0.